The molecule has 248 valence electrons. The lowest BCUT2D eigenvalue weighted by atomic mass is 9.79. The molecule has 5 aromatic carbocycles. The molecule has 0 spiro atoms. The quantitative estimate of drug-likeness (QED) is 0.0624. The average molecular weight is 637 g/mol. The van der Waals surface area contributed by atoms with Crippen molar-refractivity contribution in [3.8, 4) is 22.3 Å². The van der Waals surface area contributed by atoms with Gasteiger partial charge in [0.05, 0.1) is 6.61 Å². The number of esters is 1. The Bertz CT molecular complexity index is 1940. The normalized spacial score (nSPS) is 12.0. The number of ether oxygens (including phenoxy) is 1. The highest BCUT2D eigenvalue weighted by atomic mass is 16.5. The van der Waals surface area contributed by atoms with Crippen LogP contribution < -0.4 is 0 Å². The lowest BCUT2D eigenvalue weighted by molar-refractivity contribution is -0.137. The highest BCUT2D eigenvalue weighted by Crippen LogP contribution is 2.46. The Hall–Kier alpha value is -4.43. The van der Waals surface area contributed by atoms with E-state index in [9.17, 15) is 4.79 Å². The first-order valence-corrected chi connectivity index (χ1v) is 17.5. The molecule has 0 aromatic heterocycles. The Morgan fingerprint density at radius 2 is 1.17 bits per heavy atom. The molecule has 0 bridgehead atoms. The molecule has 0 aliphatic carbocycles. The fourth-order valence-corrected chi connectivity index (χ4v) is 6.54. The summed E-state index contributed by atoms with van der Waals surface area (Å²) < 4.78 is 5.13. The summed E-state index contributed by atoms with van der Waals surface area (Å²) in [7, 11) is 0. The summed E-state index contributed by atoms with van der Waals surface area (Å²) in [4.78, 5) is 11.3. The van der Waals surface area contributed by atoms with E-state index >= 15 is 0 Å². The van der Waals surface area contributed by atoms with E-state index in [0.717, 1.165) is 37.7 Å². The van der Waals surface area contributed by atoms with Gasteiger partial charge in [0.2, 0.25) is 0 Å². The van der Waals surface area contributed by atoms with Gasteiger partial charge < -0.3 is 4.74 Å². The fourth-order valence-electron chi connectivity index (χ4n) is 6.54. The predicted molar refractivity (Wildman–Crippen MR) is 208 cm³/mol. The van der Waals surface area contributed by atoms with Crippen molar-refractivity contribution in [2.75, 3.05) is 6.61 Å². The van der Waals surface area contributed by atoms with Crippen molar-refractivity contribution in [1.82, 2.24) is 0 Å². The Labute approximate surface area is 288 Å². The van der Waals surface area contributed by atoms with Gasteiger partial charge in [-0.25, -0.2) is 4.79 Å². The molecule has 2 heteroatoms. The molecule has 0 aliphatic heterocycles. The van der Waals surface area contributed by atoms with Crippen molar-refractivity contribution < 1.29 is 9.53 Å². The van der Waals surface area contributed by atoms with Crippen molar-refractivity contribution in [2.24, 2.45) is 0 Å². The number of allylic oxidation sites excluding steroid dienone is 1. The van der Waals surface area contributed by atoms with Crippen LogP contribution in [0, 0.1) is 0 Å². The zero-order valence-corrected chi connectivity index (χ0v) is 30.1. The van der Waals surface area contributed by atoms with Gasteiger partial charge >= 0.3 is 5.97 Å². The van der Waals surface area contributed by atoms with Gasteiger partial charge in [0.1, 0.15) is 0 Å². The molecule has 48 heavy (non-hydrogen) atoms. The van der Waals surface area contributed by atoms with Gasteiger partial charge in [-0.15, -0.1) is 0 Å². The lowest BCUT2D eigenvalue weighted by Gasteiger charge is -2.25. The van der Waals surface area contributed by atoms with E-state index in [-0.39, 0.29) is 16.8 Å². The molecule has 5 rings (SSSR count). The van der Waals surface area contributed by atoms with Crippen LogP contribution in [0.1, 0.15) is 96.4 Å². The molecule has 0 aliphatic rings. The molecule has 0 saturated heterocycles. The SMILES string of the molecule is C=CC(=O)OCCCCCc1ccc(-c2c3ccc(C(C)(C)C)cc3c(-c3ccc(C(=C)CC)cc3)c3ccc(C(C)(C)C)cc23)cc1. The van der Waals surface area contributed by atoms with Crippen LogP contribution in [0.5, 0.6) is 0 Å². The summed E-state index contributed by atoms with van der Waals surface area (Å²) in [6.07, 6.45) is 6.10. The van der Waals surface area contributed by atoms with Gasteiger partial charge in [0.25, 0.3) is 0 Å². The Kier molecular flexibility index (Phi) is 10.4. The van der Waals surface area contributed by atoms with E-state index in [1.165, 1.54) is 72.1 Å². The van der Waals surface area contributed by atoms with E-state index in [1.807, 2.05) is 0 Å². The maximum atomic E-state index is 11.3. The number of hydrogen-bond donors (Lipinski definition) is 0. The number of carbonyl (C=O) groups excluding carboxylic acids is 1. The number of carbonyl (C=O) groups is 1. The predicted octanol–water partition coefficient (Wildman–Crippen LogP) is 12.8. The molecule has 0 saturated carbocycles. The number of rotatable bonds is 11. The van der Waals surface area contributed by atoms with Crippen molar-refractivity contribution in [2.45, 2.75) is 91.4 Å². The standard InChI is InChI=1S/C46H52O2/c1-10-31(3)33-20-22-35(23-21-33)44-39-27-25-36(45(4,5)6)29-40(39)43(38-26-24-37(30-41(38)44)46(7,8)9)34-18-16-32(17-19-34)15-13-12-14-28-48-42(47)11-2/h11,16-27,29-30H,2-3,10,12-15,28H2,1,4-9H3. The topological polar surface area (TPSA) is 26.3 Å². The van der Waals surface area contributed by atoms with Gasteiger partial charge in [-0.05, 0) is 127 Å². The minimum absolute atomic E-state index is 0.0205. The van der Waals surface area contributed by atoms with Crippen LogP contribution in [0.25, 0.3) is 49.4 Å². The first-order chi connectivity index (χ1) is 22.8. The number of hydrogen-bond acceptors (Lipinski definition) is 2. The summed E-state index contributed by atoms with van der Waals surface area (Å²) in [5, 5.41) is 5.13. The van der Waals surface area contributed by atoms with Crippen LogP contribution >= 0.6 is 0 Å². The van der Waals surface area contributed by atoms with Crippen molar-refractivity contribution in [3.05, 3.63) is 126 Å². The molecular formula is C46H52O2. The second-order valence-electron chi connectivity index (χ2n) is 15.2. The van der Waals surface area contributed by atoms with E-state index in [1.54, 1.807) is 0 Å². The smallest absolute Gasteiger partial charge is 0.330 e. The maximum Gasteiger partial charge on any atom is 0.330 e. The highest BCUT2D eigenvalue weighted by Gasteiger charge is 2.22. The number of benzene rings is 5. The van der Waals surface area contributed by atoms with E-state index < -0.39 is 0 Å². The summed E-state index contributed by atoms with van der Waals surface area (Å²) >= 11 is 0. The zero-order chi connectivity index (χ0) is 34.6. The Morgan fingerprint density at radius 3 is 1.62 bits per heavy atom. The second kappa shape index (κ2) is 14.4. The summed E-state index contributed by atoms with van der Waals surface area (Å²) in [5.74, 6) is -0.348. The minimum Gasteiger partial charge on any atom is -0.463 e. The van der Waals surface area contributed by atoms with Crippen molar-refractivity contribution in [1.29, 1.82) is 0 Å². The molecule has 0 unspecified atom stereocenters. The summed E-state index contributed by atoms with van der Waals surface area (Å²) in [6, 6.07) is 32.5. The van der Waals surface area contributed by atoms with E-state index in [2.05, 4.69) is 147 Å². The minimum atomic E-state index is -0.348. The monoisotopic (exact) mass is 636 g/mol. The maximum absolute atomic E-state index is 11.3. The van der Waals surface area contributed by atoms with Crippen LogP contribution in [0.3, 0.4) is 0 Å². The van der Waals surface area contributed by atoms with Gasteiger partial charge in [-0.1, -0.05) is 134 Å². The van der Waals surface area contributed by atoms with Crippen LogP contribution in [0.15, 0.2) is 104 Å². The van der Waals surface area contributed by atoms with Crippen molar-refractivity contribution in [3.63, 3.8) is 0 Å². The molecule has 0 N–H and O–H groups in total. The second-order valence-corrected chi connectivity index (χ2v) is 15.2. The molecule has 0 fully saturated rings. The molecule has 0 heterocycles. The molecule has 0 atom stereocenters. The number of unbranched alkanes of at least 4 members (excludes halogenated alkanes) is 2. The van der Waals surface area contributed by atoms with E-state index in [4.69, 9.17) is 4.74 Å². The third kappa shape index (κ3) is 7.65. The molecule has 2 nitrogen and oxygen atoms in total. The van der Waals surface area contributed by atoms with Crippen molar-refractivity contribution >= 4 is 33.1 Å². The van der Waals surface area contributed by atoms with Crippen LogP contribution in [-0.2, 0) is 26.8 Å². The van der Waals surface area contributed by atoms with Crippen LogP contribution in [0.4, 0.5) is 0 Å². The number of fused-ring (bicyclic) bond motifs is 2. The van der Waals surface area contributed by atoms with Crippen LogP contribution in [0.2, 0.25) is 0 Å². The van der Waals surface area contributed by atoms with E-state index in [0.29, 0.717) is 6.61 Å². The third-order valence-electron chi connectivity index (χ3n) is 9.62. The van der Waals surface area contributed by atoms with Crippen LogP contribution in [-0.4, -0.2) is 12.6 Å². The lowest BCUT2D eigenvalue weighted by Crippen LogP contribution is -2.11. The molecule has 5 aromatic rings. The van der Waals surface area contributed by atoms with Gasteiger partial charge in [-0.3, -0.25) is 0 Å². The average Bonchev–Trinajstić information content (AvgIpc) is 3.07. The first kappa shape index (κ1) is 34.9. The number of aryl methyl sites for hydroxylation is 1. The summed E-state index contributed by atoms with van der Waals surface area (Å²) in [5.41, 5.74) is 11.4. The van der Waals surface area contributed by atoms with Gasteiger partial charge in [0.15, 0.2) is 0 Å². The molecule has 0 amide bonds. The third-order valence-corrected chi connectivity index (χ3v) is 9.62. The van der Waals surface area contributed by atoms with Gasteiger partial charge in [0, 0.05) is 6.08 Å². The zero-order valence-electron chi connectivity index (χ0n) is 30.1. The fraction of sp³-hybridized carbons (Fsp3) is 0.326. The largest absolute Gasteiger partial charge is 0.463 e. The highest BCUT2D eigenvalue weighted by molar-refractivity contribution is 6.21. The summed E-state index contributed by atoms with van der Waals surface area (Å²) in [6.45, 7) is 24.1. The van der Waals surface area contributed by atoms with Gasteiger partial charge in [-0.2, -0.15) is 0 Å². The molecular weight excluding hydrogens is 585 g/mol. The first-order valence-electron chi connectivity index (χ1n) is 17.5. The Balaban J connectivity index is 1.66. The Morgan fingerprint density at radius 1 is 0.667 bits per heavy atom. The molecule has 0 radical (unpaired) electrons.